The lowest BCUT2D eigenvalue weighted by molar-refractivity contribution is -0.143. The topological polar surface area (TPSA) is 26.3 Å². The summed E-state index contributed by atoms with van der Waals surface area (Å²) in [5, 5.41) is 0. The van der Waals surface area contributed by atoms with E-state index in [1.54, 1.807) is 24.8 Å². The van der Waals surface area contributed by atoms with E-state index in [0.29, 0.717) is 18.9 Å². The van der Waals surface area contributed by atoms with Gasteiger partial charge in [0.05, 0.1) is 6.61 Å². The van der Waals surface area contributed by atoms with Gasteiger partial charge in [0.15, 0.2) is 0 Å². The number of rotatable bonds is 8. The van der Waals surface area contributed by atoms with Gasteiger partial charge in [0.2, 0.25) is 0 Å². The molecule has 0 aliphatic heterocycles. The minimum atomic E-state index is 0.0526. The largest absolute Gasteiger partial charge is 0.466 e. The summed E-state index contributed by atoms with van der Waals surface area (Å²) in [6.07, 6.45) is 20.3. The van der Waals surface area contributed by atoms with E-state index in [-0.39, 0.29) is 16.8 Å². The number of allylic oxidation sites excluding steroid dienone is 8. The van der Waals surface area contributed by atoms with Crippen molar-refractivity contribution in [1.29, 1.82) is 0 Å². The first-order valence-electron chi connectivity index (χ1n) is 24.8. The van der Waals surface area contributed by atoms with Crippen LogP contribution in [0.2, 0.25) is 0 Å². The molecule has 2 nitrogen and oxygen atoms in total. The number of benzene rings is 1. The Labute approximate surface area is 332 Å². The Hall–Kier alpha value is -2.35. The Morgan fingerprint density at radius 2 is 1.45 bits per heavy atom. The van der Waals surface area contributed by atoms with Gasteiger partial charge in [-0.15, -0.1) is 0 Å². The first-order valence-corrected chi connectivity index (χ1v) is 24.8. The van der Waals surface area contributed by atoms with Crippen molar-refractivity contribution in [2.45, 2.75) is 83.0 Å². The third-order valence-electron chi connectivity index (χ3n) is 24.5. The van der Waals surface area contributed by atoms with Crippen molar-refractivity contribution < 1.29 is 9.53 Å². The van der Waals surface area contributed by atoms with Crippen molar-refractivity contribution in [3.05, 3.63) is 81.5 Å². The Bertz CT molecular complexity index is 2290. The van der Waals surface area contributed by atoms with Crippen LogP contribution >= 0.6 is 0 Å². The van der Waals surface area contributed by atoms with E-state index in [2.05, 4.69) is 71.7 Å². The van der Waals surface area contributed by atoms with Crippen LogP contribution in [0.25, 0.3) is 0 Å². The summed E-state index contributed by atoms with van der Waals surface area (Å²) in [5.41, 5.74) is 14.6. The van der Waals surface area contributed by atoms with E-state index in [4.69, 9.17) is 4.74 Å². The molecular formula is C54H58O2. The van der Waals surface area contributed by atoms with E-state index >= 15 is 0 Å². The molecule has 17 aliphatic rings. The molecule has 1 aromatic rings. The average Bonchev–Trinajstić information content (AvgIpc) is 3.89. The summed E-state index contributed by atoms with van der Waals surface area (Å²) in [4.78, 5) is 13.3. The lowest BCUT2D eigenvalue weighted by Gasteiger charge is -2.61. The van der Waals surface area contributed by atoms with Crippen LogP contribution in [0.5, 0.6) is 0 Å². The van der Waals surface area contributed by atoms with Gasteiger partial charge in [0, 0.05) is 23.2 Å². The first-order chi connectivity index (χ1) is 27.7. The standard InChI is InChI=1S/C54H58O2/c1-2-3-12-56-30(55)10-7-11-53(28-8-5-4-6-9-28)52-29-19-26-17-23-15-24-14-21-13-22-16-25-18-27-20-54(52,53)51-37(27)42-36(25)41-32(22)31(21)39-35(24)40-33(23)34(26)43-38(29)50(51)49-47(42)45(41)44(39)46(40)48(43)49/h4-6,8-9,19-20,22-26,32-37,39-42,44-52H,2-3,7,10-18H2,1H3. The van der Waals surface area contributed by atoms with Gasteiger partial charge in [-0.25, -0.2) is 0 Å². The molecular weight excluding hydrogens is 681 g/mol. The van der Waals surface area contributed by atoms with Gasteiger partial charge >= 0.3 is 5.97 Å². The summed E-state index contributed by atoms with van der Waals surface area (Å²) in [6.45, 7) is 2.79. The highest BCUT2D eigenvalue weighted by atomic mass is 16.5. The molecule has 12 fully saturated rings. The summed E-state index contributed by atoms with van der Waals surface area (Å²) < 4.78 is 5.83. The second-order valence-corrected chi connectivity index (χ2v) is 24.5. The molecule has 286 valence electrons. The highest BCUT2D eigenvalue weighted by Gasteiger charge is 2.91. The van der Waals surface area contributed by atoms with E-state index in [1.807, 2.05) is 11.1 Å². The summed E-state index contributed by atoms with van der Waals surface area (Å²) >= 11 is 0. The van der Waals surface area contributed by atoms with E-state index in [1.165, 1.54) is 19.3 Å². The van der Waals surface area contributed by atoms with Crippen LogP contribution in [0.4, 0.5) is 0 Å². The zero-order chi connectivity index (χ0) is 35.6. The molecule has 12 saturated carbocycles. The van der Waals surface area contributed by atoms with Gasteiger partial charge in [-0.05, 0) is 211 Å². The molecule has 0 saturated heterocycles. The van der Waals surface area contributed by atoms with E-state index in [0.717, 1.165) is 162 Å². The third kappa shape index (κ3) is 2.60. The minimum absolute atomic E-state index is 0.0526. The van der Waals surface area contributed by atoms with Crippen LogP contribution < -0.4 is 0 Å². The number of carbonyl (C=O) groups excluding carboxylic acids is 1. The molecule has 17 aliphatic carbocycles. The van der Waals surface area contributed by atoms with Gasteiger partial charge in [0.25, 0.3) is 0 Å². The quantitative estimate of drug-likeness (QED) is 0.151. The molecule has 2 heteroatoms. The van der Waals surface area contributed by atoms with Gasteiger partial charge in [-0.3, -0.25) is 4.79 Å². The average molecular weight is 739 g/mol. The molecule has 0 amide bonds. The highest BCUT2D eigenvalue weighted by Crippen LogP contribution is 2.96. The molecule has 0 bridgehead atoms. The van der Waals surface area contributed by atoms with Crippen molar-refractivity contribution in [1.82, 2.24) is 0 Å². The first kappa shape index (κ1) is 29.8. The Kier molecular flexibility index (Phi) is 4.73. The Morgan fingerprint density at radius 1 is 0.696 bits per heavy atom. The SMILES string of the molecule is CCCCOC(=O)CCCC1(c2ccccc2)C2C3=CC4CC5CC6CC7=C8C9C(C7)CC7CC%10=CC21C1C2C3=C3C4C5C4C6C8C5C4C3C2C2C(C%101)C7C9C52. The second kappa shape index (κ2) is 8.90. The number of ether oxygens (including phenoxy) is 1. The fraction of sp³-hybridized carbons (Fsp3) is 0.722. The van der Waals surface area contributed by atoms with Crippen LogP contribution in [0.15, 0.2) is 75.9 Å². The zero-order valence-corrected chi connectivity index (χ0v) is 33.2. The zero-order valence-electron chi connectivity index (χ0n) is 33.2. The van der Waals surface area contributed by atoms with Crippen LogP contribution in [0.1, 0.15) is 83.1 Å². The fourth-order valence-electron chi connectivity index (χ4n) is 25.2. The van der Waals surface area contributed by atoms with Crippen LogP contribution in [0, 0.1) is 147 Å². The monoisotopic (exact) mass is 738 g/mol. The maximum absolute atomic E-state index is 13.3. The van der Waals surface area contributed by atoms with E-state index in [9.17, 15) is 4.79 Å². The third-order valence-corrected chi connectivity index (χ3v) is 24.5. The number of carbonyl (C=O) groups is 1. The highest BCUT2D eigenvalue weighted by molar-refractivity contribution is 5.71. The lowest BCUT2D eigenvalue weighted by Crippen LogP contribution is -2.58. The predicted molar refractivity (Wildman–Crippen MR) is 212 cm³/mol. The molecule has 0 heterocycles. The second-order valence-electron chi connectivity index (χ2n) is 24.5. The lowest BCUT2D eigenvalue weighted by atomic mass is 9.42. The number of unbranched alkanes of at least 4 members (excludes halogenated alkanes) is 1. The summed E-state index contributed by atoms with van der Waals surface area (Å²) in [6, 6.07) is 12.1. The van der Waals surface area contributed by atoms with Crippen molar-refractivity contribution in [3.8, 4) is 0 Å². The maximum Gasteiger partial charge on any atom is 0.305 e. The molecule has 0 aromatic heterocycles. The fourth-order valence-corrected chi connectivity index (χ4v) is 25.2. The summed E-state index contributed by atoms with van der Waals surface area (Å²) in [5.74, 6) is 23.4. The predicted octanol–water partition coefficient (Wildman–Crippen LogP) is 10.2. The number of hydrogen-bond donors (Lipinski definition) is 0. The van der Waals surface area contributed by atoms with Crippen molar-refractivity contribution in [2.75, 3.05) is 6.61 Å². The van der Waals surface area contributed by atoms with E-state index < -0.39 is 0 Å². The number of hydrogen-bond acceptors (Lipinski definition) is 2. The molecule has 26 atom stereocenters. The molecule has 18 rings (SSSR count). The summed E-state index contributed by atoms with van der Waals surface area (Å²) in [7, 11) is 0. The van der Waals surface area contributed by atoms with Gasteiger partial charge < -0.3 is 4.74 Å². The van der Waals surface area contributed by atoms with Crippen molar-refractivity contribution in [3.63, 3.8) is 0 Å². The van der Waals surface area contributed by atoms with Crippen LogP contribution in [0.3, 0.4) is 0 Å². The Morgan fingerprint density at radius 3 is 2.34 bits per heavy atom. The van der Waals surface area contributed by atoms with Crippen molar-refractivity contribution in [2.24, 2.45) is 147 Å². The molecule has 1 aromatic carbocycles. The molecule has 26 unspecified atom stereocenters. The van der Waals surface area contributed by atoms with Gasteiger partial charge in [0.1, 0.15) is 0 Å². The van der Waals surface area contributed by atoms with Crippen LogP contribution in [-0.4, -0.2) is 12.6 Å². The molecule has 0 N–H and O–H groups in total. The molecule has 1 spiro atoms. The van der Waals surface area contributed by atoms with Gasteiger partial charge in [-0.2, -0.15) is 0 Å². The van der Waals surface area contributed by atoms with Crippen LogP contribution in [-0.2, 0) is 14.9 Å². The van der Waals surface area contributed by atoms with Gasteiger partial charge in [-0.1, -0.05) is 78.1 Å². The molecule has 56 heavy (non-hydrogen) atoms. The minimum Gasteiger partial charge on any atom is -0.466 e. The number of esters is 1. The normalized spacial score (nSPS) is 63.0. The number of fused-ring (bicyclic) bond motifs is 1. The molecule has 0 radical (unpaired) electrons. The maximum atomic E-state index is 13.3. The smallest absolute Gasteiger partial charge is 0.305 e. The van der Waals surface area contributed by atoms with Crippen molar-refractivity contribution >= 4 is 5.97 Å². The Balaban J connectivity index is 0.907.